The molecule has 158 valence electrons. The zero-order valence-electron chi connectivity index (χ0n) is 17.9. The summed E-state index contributed by atoms with van der Waals surface area (Å²) in [5.41, 5.74) is 3.12. The lowest BCUT2D eigenvalue weighted by atomic mass is 9.99. The number of anilines is 3. The van der Waals surface area contributed by atoms with Crippen molar-refractivity contribution in [1.29, 1.82) is 0 Å². The topological polar surface area (TPSA) is 67.3 Å². The minimum Gasteiger partial charge on any atom is -0.467 e. The van der Waals surface area contributed by atoms with E-state index in [0.717, 1.165) is 30.0 Å². The first kappa shape index (κ1) is 22.9. The Morgan fingerprint density at radius 2 is 1.83 bits per heavy atom. The highest BCUT2D eigenvalue weighted by Crippen LogP contribution is 2.33. The standard InChI is InChI=1S/C22H31ClN4O2/c1-15(2)11-27(12-16(3)4)20-7-6-18(17(5)13-29-14-28)10-19(20)25-21-8-9-24-22(23)26-21/h6-10,14-17H,11-13H2,1-5H3,(H,24,25,26). The molecule has 0 bridgehead atoms. The fourth-order valence-electron chi connectivity index (χ4n) is 3.21. The summed E-state index contributed by atoms with van der Waals surface area (Å²) in [5.74, 6) is 1.76. The average Bonchev–Trinajstić information content (AvgIpc) is 2.65. The molecule has 1 N–H and O–H groups in total. The first-order chi connectivity index (χ1) is 13.8. The van der Waals surface area contributed by atoms with Crippen LogP contribution in [0.4, 0.5) is 17.2 Å². The minimum atomic E-state index is 0.0763. The SMILES string of the molecule is CC(C)CN(CC(C)C)c1ccc(C(C)COC=O)cc1Nc1ccnc(Cl)n1. The summed E-state index contributed by atoms with van der Waals surface area (Å²) in [7, 11) is 0. The lowest BCUT2D eigenvalue weighted by Crippen LogP contribution is -2.31. The molecule has 0 saturated carbocycles. The lowest BCUT2D eigenvalue weighted by Gasteiger charge is -2.31. The van der Waals surface area contributed by atoms with Gasteiger partial charge in [0, 0.05) is 25.2 Å². The number of carbonyl (C=O) groups is 1. The van der Waals surface area contributed by atoms with Gasteiger partial charge in [0.2, 0.25) is 5.28 Å². The Balaban J connectivity index is 2.45. The van der Waals surface area contributed by atoms with Crippen LogP contribution in [0.5, 0.6) is 0 Å². The molecule has 2 aromatic rings. The van der Waals surface area contributed by atoms with Gasteiger partial charge < -0.3 is 15.0 Å². The van der Waals surface area contributed by atoms with Crippen LogP contribution in [-0.2, 0) is 9.53 Å². The molecule has 0 aliphatic carbocycles. The molecule has 1 aromatic heterocycles. The second-order valence-corrected chi connectivity index (χ2v) is 8.47. The van der Waals surface area contributed by atoms with Crippen LogP contribution in [-0.4, -0.2) is 36.1 Å². The first-order valence-corrected chi connectivity index (χ1v) is 10.4. The van der Waals surface area contributed by atoms with E-state index in [1.807, 2.05) is 6.92 Å². The largest absolute Gasteiger partial charge is 0.467 e. The van der Waals surface area contributed by atoms with E-state index in [1.165, 1.54) is 0 Å². The molecule has 1 heterocycles. The molecule has 1 atom stereocenters. The van der Waals surface area contributed by atoms with Crippen LogP contribution in [0.3, 0.4) is 0 Å². The van der Waals surface area contributed by atoms with Gasteiger partial charge in [-0.2, -0.15) is 0 Å². The Morgan fingerprint density at radius 1 is 1.14 bits per heavy atom. The predicted molar refractivity (Wildman–Crippen MR) is 119 cm³/mol. The zero-order valence-corrected chi connectivity index (χ0v) is 18.6. The number of benzene rings is 1. The molecule has 0 radical (unpaired) electrons. The lowest BCUT2D eigenvalue weighted by molar-refractivity contribution is -0.129. The van der Waals surface area contributed by atoms with Gasteiger partial charge in [-0.05, 0) is 47.2 Å². The van der Waals surface area contributed by atoms with Gasteiger partial charge in [-0.25, -0.2) is 9.97 Å². The second-order valence-electron chi connectivity index (χ2n) is 8.14. The summed E-state index contributed by atoms with van der Waals surface area (Å²) >= 11 is 5.97. The summed E-state index contributed by atoms with van der Waals surface area (Å²) in [6, 6.07) is 8.11. The van der Waals surface area contributed by atoms with Crippen molar-refractivity contribution in [2.75, 3.05) is 29.9 Å². The van der Waals surface area contributed by atoms with Gasteiger partial charge in [0.1, 0.15) is 5.82 Å². The first-order valence-electron chi connectivity index (χ1n) is 9.99. The van der Waals surface area contributed by atoms with Crippen molar-refractivity contribution in [2.45, 2.75) is 40.5 Å². The maximum atomic E-state index is 10.6. The molecule has 1 unspecified atom stereocenters. The van der Waals surface area contributed by atoms with E-state index in [0.29, 0.717) is 30.7 Å². The Hall–Kier alpha value is -2.34. The van der Waals surface area contributed by atoms with E-state index < -0.39 is 0 Å². The van der Waals surface area contributed by atoms with E-state index in [-0.39, 0.29) is 11.2 Å². The normalized spacial score (nSPS) is 12.1. The summed E-state index contributed by atoms with van der Waals surface area (Å²) in [6.07, 6.45) is 1.63. The van der Waals surface area contributed by atoms with Crippen LogP contribution >= 0.6 is 11.6 Å². The fourth-order valence-corrected chi connectivity index (χ4v) is 3.36. The molecule has 29 heavy (non-hydrogen) atoms. The molecule has 0 spiro atoms. The third-order valence-electron chi connectivity index (χ3n) is 4.40. The van der Waals surface area contributed by atoms with E-state index in [2.05, 4.69) is 66.1 Å². The summed E-state index contributed by atoms with van der Waals surface area (Å²) in [6.45, 7) is 13.6. The third-order valence-corrected chi connectivity index (χ3v) is 4.59. The summed E-state index contributed by atoms with van der Waals surface area (Å²) in [5, 5.41) is 3.60. The summed E-state index contributed by atoms with van der Waals surface area (Å²) < 4.78 is 4.96. The minimum absolute atomic E-state index is 0.0763. The van der Waals surface area contributed by atoms with Crippen LogP contribution in [0.1, 0.15) is 46.1 Å². The quantitative estimate of drug-likeness (QED) is 0.396. The van der Waals surface area contributed by atoms with E-state index in [1.54, 1.807) is 12.3 Å². The molecule has 0 aliphatic heterocycles. The predicted octanol–water partition coefficient (Wildman–Crippen LogP) is 5.27. The van der Waals surface area contributed by atoms with Crippen molar-refractivity contribution in [3.8, 4) is 0 Å². The number of aromatic nitrogens is 2. The van der Waals surface area contributed by atoms with Gasteiger partial charge >= 0.3 is 0 Å². The number of halogens is 1. The van der Waals surface area contributed by atoms with Crippen molar-refractivity contribution in [3.05, 3.63) is 41.3 Å². The highest BCUT2D eigenvalue weighted by atomic mass is 35.5. The van der Waals surface area contributed by atoms with E-state index >= 15 is 0 Å². The Morgan fingerprint density at radius 3 is 2.41 bits per heavy atom. The number of hydrogen-bond donors (Lipinski definition) is 1. The van der Waals surface area contributed by atoms with Gasteiger partial charge in [0.25, 0.3) is 6.47 Å². The number of ether oxygens (including phenoxy) is 1. The van der Waals surface area contributed by atoms with Crippen LogP contribution in [0, 0.1) is 11.8 Å². The molecule has 2 rings (SSSR count). The van der Waals surface area contributed by atoms with Crippen molar-refractivity contribution < 1.29 is 9.53 Å². The Labute approximate surface area is 178 Å². The molecule has 0 aliphatic rings. The molecule has 0 fully saturated rings. The number of rotatable bonds is 11. The number of nitrogens with one attached hydrogen (secondary N) is 1. The number of nitrogens with zero attached hydrogens (tertiary/aromatic N) is 3. The van der Waals surface area contributed by atoms with Crippen LogP contribution in [0.25, 0.3) is 0 Å². The molecular formula is C22H31ClN4O2. The van der Waals surface area contributed by atoms with Gasteiger partial charge in [0.15, 0.2) is 0 Å². The van der Waals surface area contributed by atoms with Crippen LogP contribution < -0.4 is 10.2 Å². The van der Waals surface area contributed by atoms with Gasteiger partial charge in [-0.3, -0.25) is 4.79 Å². The summed E-state index contributed by atoms with van der Waals surface area (Å²) in [4.78, 5) is 21.2. The van der Waals surface area contributed by atoms with Crippen LogP contribution in [0.2, 0.25) is 5.28 Å². The highest BCUT2D eigenvalue weighted by Gasteiger charge is 2.17. The third kappa shape index (κ3) is 7.20. The monoisotopic (exact) mass is 418 g/mol. The fraction of sp³-hybridized carbons (Fsp3) is 0.500. The van der Waals surface area contributed by atoms with E-state index in [4.69, 9.17) is 16.3 Å². The molecular weight excluding hydrogens is 388 g/mol. The molecule has 6 nitrogen and oxygen atoms in total. The molecule has 1 aromatic carbocycles. The molecule has 0 amide bonds. The van der Waals surface area contributed by atoms with Gasteiger partial charge in [-0.15, -0.1) is 0 Å². The molecule has 7 heteroatoms. The zero-order chi connectivity index (χ0) is 21.4. The number of hydrogen-bond acceptors (Lipinski definition) is 6. The van der Waals surface area contributed by atoms with Crippen LogP contribution in [0.15, 0.2) is 30.5 Å². The molecule has 0 saturated heterocycles. The Bertz CT molecular complexity index is 788. The Kier molecular flexibility index (Phi) is 8.70. The van der Waals surface area contributed by atoms with Crippen molar-refractivity contribution >= 4 is 35.3 Å². The van der Waals surface area contributed by atoms with E-state index in [9.17, 15) is 4.79 Å². The van der Waals surface area contributed by atoms with Gasteiger partial charge in [0.05, 0.1) is 18.0 Å². The second kappa shape index (κ2) is 11.0. The van der Waals surface area contributed by atoms with Crippen molar-refractivity contribution in [2.24, 2.45) is 11.8 Å². The average molecular weight is 419 g/mol. The van der Waals surface area contributed by atoms with Crippen molar-refractivity contribution in [1.82, 2.24) is 9.97 Å². The number of carbonyl (C=O) groups excluding carboxylic acids is 1. The smallest absolute Gasteiger partial charge is 0.293 e. The van der Waals surface area contributed by atoms with Crippen molar-refractivity contribution in [3.63, 3.8) is 0 Å². The maximum absolute atomic E-state index is 10.6. The maximum Gasteiger partial charge on any atom is 0.293 e. The highest BCUT2D eigenvalue weighted by molar-refractivity contribution is 6.28. The van der Waals surface area contributed by atoms with Gasteiger partial charge in [-0.1, -0.05) is 40.7 Å².